The minimum absolute atomic E-state index is 0.0267. The highest BCUT2D eigenvalue weighted by Crippen LogP contribution is 2.39. The van der Waals surface area contributed by atoms with Gasteiger partial charge in [0.2, 0.25) is 21.8 Å². The first kappa shape index (κ1) is 28.0. The quantitative estimate of drug-likeness (QED) is 0.350. The fraction of sp³-hybridized carbons (Fsp3) is 0.696. The number of carboxylic acids is 1. The lowest BCUT2D eigenvalue weighted by atomic mass is 9.98. The third kappa shape index (κ3) is 7.51. The van der Waals surface area contributed by atoms with E-state index in [1.165, 1.54) is 17.3 Å². The molecule has 2 amide bonds. The number of hydrogen-bond acceptors (Lipinski definition) is 10. The number of ether oxygens (including phenoxy) is 2. The van der Waals surface area contributed by atoms with Gasteiger partial charge in [-0.15, -0.1) is 0 Å². The van der Waals surface area contributed by atoms with Crippen molar-refractivity contribution < 1.29 is 37.4 Å². The maximum Gasteiger partial charge on any atom is 0.410 e. The molecule has 1 aromatic rings. The molecule has 0 spiro atoms. The van der Waals surface area contributed by atoms with Crippen LogP contribution in [0.5, 0.6) is 5.88 Å². The Morgan fingerprint density at radius 2 is 1.89 bits per heavy atom. The van der Waals surface area contributed by atoms with E-state index in [1.807, 2.05) is 6.92 Å². The molecule has 210 valence electrons. The van der Waals surface area contributed by atoms with Crippen LogP contribution in [0.3, 0.4) is 0 Å². The number of nitrogens with zero attached hydrogens (tertiary/aromatic N) is 5. The van der Waals surface area contributed by atoms with Crippen LogP contribution in [0.15, 0.2) is 12.4 Å². The summed E-state index contributed by atoms with van der Waals surface area (Å²) in [6, 6.07) is 0. The number of likely N-dealkylation sites (tertiary alicyclic amines) is 1. The zero-order valence-corrected chi connectivity index (χ0v) is 22.2. The van der Waals surface area contributed by atoms with Crippen LogP contribution in [0.2, 0.25) is 0 Å². The average molecular weight is 555 g/mol. The Hall–Kier alpha value is -3.04. The van der Waals surface area contributed by atoms with E-state index in [4.69, 9.17) is 14.6 Å². The molecule has 3 heterocycles. The molecule has 0 aromatic carbocycles. The van der Waals surface area contributed by atoms with Gasteiger partial charge in [-0.2, -0.15) is 4.31 Å². The smallest absolute Gasteiger partial charge is 0.410 e. The lowest BCUT2D eigenvalue weighted by molar-refractivity contribution is -0.136. The fourth-order valence-corrected chi connectivity index (χ4v) is 5.55. The SMILES string of the molecule is CC1(OC(=O)N2CCC(COc3cnc(N4CCN(S(=O)(=O)CCNCC(=O)O)CC4=O)cn3)CC2)CC1. The molecule has 3 aliphatic rings. The summed E-state index contributed by atoms with van der Waals surface area (Å²) in [5.41, 5.74) is -0.278. The molecule has 1 aromatic heterocycles. The van der Waals surface area contributed by atoms with Crippen LogP contribution >= 0.6 is 0 Å². The van der Waals surface area contributed by atoms with Gasteiger partial charge in [0.05, 0.1) is 37.8 Å². The van der Waals surface area contributed by atoms with Crippen LogP contribution in [0, 0.1) is 5.92 Å². The summed E-state index contributed by atoms with van der Waals surface area (Å²) in [6.45, 7) is 3.15. The molecule has 15 heteroatoms. The number of piperazine rings is 1. The molecular formula is C23H34N6O8S. The summed E-state index contributed by atoms with van der Waals surface area (Å²) in [6.07, 6.45) is 6.05. The molecular weight excluding hydrogens is 520 g/mol. The highest BCUT2D eigenvalue weighted by Gasteiger charge is 2.43. The molecule has 38 heavy (non-hydrogen) atoms. The van der Waals surface area contributed by atoms with Gasteiger partial charge in [0.1, 0.15) is 5.60 Å². The summed E-state index contributed by atoms with van der Waals surface area (Å²) >= 11 is 0. The van der Waals surface area contributed by atoms with Crippen LogP contribution < -0.4 is 15.0 Å². The zero-order valence-electron chi connectivity index (χ0n) is 21.4. The van der Waals surface area contributed by atoms with Crippen molar-refractivity contribution in [3.05, 3.63) is 12.4 Å². The molecule has 0 unspecified atom stereocenters. The number of aliphatic carboxylic acids is 1. The summed E-state index contributed by atoms with van der Waals surface area (Å²) in [4.78, 5) is 47.0. The number of aromatic nitrogens is 2. The van der Waals surface area contributed by atoms with Crippen molar-refractivity contribution in [2.24, 2.45) is 5.92 Å². The molecule has 2 saturated heterocycles. The number of nitrogens with one attached hydrogen (secondary N) is 1. The zero-order chi connectivity index (χ0) is 27.3. The lowest BCUT2D eigenvalue weighted by Gasteiger charge is -2.33. The number of piperidine rings is 1. The third-order valence-corrected chi connectivity index (χ3v) is 8.73. The van der Waals surface area contributed by atoms with Gasteiger partial charge in [-0.25, -0.2) is 23.2 Å². The third-order valence-electron chi connectivity index (χ3n) is 6.91. The average Bonchev–Trinajstić information content (AvgIpc) is 3.62. The van der Waals surface area contributed by atoms with Gasteiger partial charge in [-0.3, -0.25) is 14.5 Å². The number of anilines is 1. The Balaban J connectivity index is 1.19. The highest BCUT2D eigenvalue weighted by molar-refractivity contribution is 7.89. The van der Waals surface area contributed by atoms with Gasteiger partial charge in [0.15, 0.2) is 5.82 Å². The van der Waals surface area contributed by atoms with E-state index in [-0.39, 0.29) is 56.1 Å². The molecule has 4 rings (SSSR count). The van der Waals surface area contributed by atoms with Crippen LogP contribution in [0.4, 0.5) is 10.6 Å². The van der Waals surface area contributed by atoms with E-state index >= 15 is 0 Å². The monoisotopic (exact) mass is 554 g/mol. The van der Waals surface area contributed by atoms with Crippen LogP contribution in [0.25, 0.3) is 0 Å². The first-order chi connectivity index (χ1) is 18.0. The fourth-order valence-electron chi connectivity index (χ4n) is 4.22. The molecule has 2 aliphatic heterocycles. The molecule has 0 radical (unpaired) electrons. The van der Waals surface area contributed by atoms with Gasteiger partial charge in [-0.1, -0.05) is 0 Å². The summed E-state index contributed by atoms with van der Waals surface area (Å²) in [7, 11) is -3.71. The Kier molecular flexibility index (Phi) is 8.67. The van der Waals surface area contributed by atoms with E-state index in [0.29, 0.717) is 31.4 Å². The van der Waals surface area contributed by atoms with E-state index in [9.17, 15) is 22.8 Å². The predicted octanol–water partition coefficient (Wildman–Crippen LogP) is -0.0909. The highest BCUT2D eigenvalue weighted by atomic mass is 32.2. The van der Waals surface area contributed by atoms with E-state index in [2.05, 4.69) is 15.3 Å². The van der Waals surface area contributed by atoms with Crippen molar-refractivity contribution in [1.29, 1.82) is 0 Å². The Morgan fingerprint density at radius 1 is 1.16 bits per heavy atom. The van der Waals surface area contributed by atoms with Gasteiger partial charge < -0.3 is 24.8 Å². The molecule has 1 saturated carbocycles. The summed E-state index contributed by atoms with van der Waals surface area (Å²) in [5.74, 6) is -0.915. The number of carbonyl (C=O) groups excluding carboxylic acids is 2. The Labute approximate surface area is 221 Å². The van der Waals surface area contributed by atoms with Gasteiger partial charge in [0.25, 0.3) is 0 Å². The van der Waals surface area contributed by atoms with Crippen molar-refractivity contribution in [2.45, 2.75) is 38.2 Å². The van der Waals surface area contributed by atoms with Crippen molar-refractivity contribution in [1.82, 2.24) is 24.5 Å². The molecule has 14 nitrogen and oxygen atoms in total. The molecule has 3 fully saturated rings. The second-order valence-electron chi connectivity index (χ2n) is 10.0. The van der Waals surface area contributed by atoms with Crippen molar-refractivity contribution >= 4 is 33.8 Å². The standard InChI is InChI=1S/C23H34N6O8S/c1-23(4-5-23)37-22(33)27-7-2-17(3-8-27)16-36-19-13-25-18(12-26-19)29-10-9-28(15-20(29)30)38(34,35)11-6-24-14-21(31)32/h12-13,17,24H,2-11,14-16H2,1H3,(H,31,32). The number of sulfonamides is 1. The molecule has 0 bridgehead atoms. The van der Waals surface area contributed by atoms with E-state index < -0.39 is 21.9 Å². The Bertz CT molecular complexity index is 1120. The normalized spacial score (nSPS) is 20.3. The predicted molar refractivity (Wildman–Crippen MR) is 134 cm³/mol. The minimum atomic E-state index is -3.71. The first-order valence-electron chi connectivity index (χ1n) is 12.7. The maximum atomic E-state index is 12.6. The first-order valence-corrected chi connectivity index (χ1v) is 14.3. The van der Waals surface area contributed by atoms with Crippen molar-refractivity contribution in [3.63, 3.8) is 0 Å². The topological polar surface area (TPSA) is 172 Å². The van der Waals surface area contributed by atoms with Gasteiger partial charge >= 0.3 is 12.1 Å². The van der Waals surface area contributed by atoms with Gasteiger partial charge in [-0.05, 0) is 38.5 Å². The molecule has 2 N–H and O–H groups in total. The van der Waals surface area contributed by atoms with E-state index in [0.717, 1.165) is 30.0 Å². The van der Waals surface area contributed by atoms with Crippen LogP contribution in [0.1, 0.15) is 32.6 Å². The number of carbonyl (C=O) groups is 3. The second kappa shape index (κ2) is 11.8. The van der Waals surface area contributed by atoms with Crippen LogP contribution in [-0.2, 0) is 24.3 Å². The summed E-state index contributed by atoms with van der Waals surface area (Å²) in [5, 5.41) is 11.1. The van der Waals surface area contributed by atoms with Crippen LogP contribution in [-0.4, -0.2) is 114 Å². The molecule has 1 aliphatic carbocycles. The second-order valence-corrected chi connectivity index (χ2v) is 12.1. The summed E-state index contributed by atoms with van der Waals surface area (Å²) < 4.78 is 37.3. The maximum absolute atomic E-state index is 12.6. The number of rotatable bonds is 11. The van der Waals surface area contributed by atoms with E-state index in [1.54, 1.807) is 4.90 Å². The minimum Gasteiger partial charge on any atom is -0.480 e. The lowest BCUT2D eigenvalue weighted by Crippen LogP contribution is -2.53. The Morgan fingerprint density at radius 3 is 2.50 bits per heavy atom. The largest absolute Gasteiger partial charge is 0.480 e. The number of hydrogen-bond donors (Lipinski definition) is 2. The van der Waals surface area contributed by atoms with Crippen molar-refractivity contribution in [2.75, 3.05) is 63.1 Å². The van der Waals surface area contributed by atoms with Gasteiger partial charge in [0, 0.05) is 32.7 Å². The molecule has 0 atom stereocenters. The number of amides is 2. The number of carboxylic acid groups (broad SMARTS) is 1. The van der Waals surface area contributed by atoms with Crippen molar-refractivity contribution in [3.8, 4) is 5.88 Å².